The Kier molecular flexibility index (Phi) is 18.1. The van der Waals surface area contributed by atoms with Gasteiger partial charge in [-0.25, -0.2) is 26.0 Å². The molecule has 0 bridgehead atoms. The number of aromatic nitrogens is 2. The first-order valence-electron chi connectivity index (χ1n) is 24.8. The van der Waals surface area contributed by atoms with Gasteiger partial charge in [-0.3, -0.25) is 29.4 Å². The number of likely N-dealkylation sites (tertiary alicyclic amines) is 2. The molecule has 80 heavy (non-hydrogen) atoms. The zero-order valence-electron chi connectivity index (χ0n) is 44.4. The van der Waals surface area contributed by atoms with E-state index in [9.17, 15) is 45.8 Å². The number of benzene rings is 4. The third-order valence-electron chi connectivity index (χ3n) is 13.2. The summed E-state index contributed by atoms with van der Waals surface area (Å²) < 4.78 is 117. The second-order valence-corrected chi connectivity index (χ2v) is 26.3. The summed E-state index contributed by atoms with van der Waals surface area (Å²) in [5.74, 6) is -8.40. The van der Waals surface area contributed by atoms with Crippen molar-refractivity contribution >= 4 is 66.0 Å². The van der Waals surface area contributed by atoms with E-state index >= 15 is 0 Å². The van der Waals surface area contributed by atoms with Gasteiger partial charge in [-0.05, 0) is 71.5 Å². The minimum atomic E-state index is -3.22. The van der Waals surface area contributed by atoms with Crippen molar-refractivity contribution in [3.8, 4) is 34.1 Å². The summed E-state index contributed by atoms with van der Waals surface area (Å²) in [5.41, 5.74) is 7.65. The van der Waals surface area contributed by atoms with Gasteiger partial charge in [0.1, 0.15) is 61.5 Å². The molecule has 0 aliphatic carbocycles. The molecule has 4 heterocycles. The number of halogens is 6. The average molecular weight is 1190 g/mol. The van der Waals surface area contributed by atoms with E-state index in [-0.39, 0.29) is 72.6 Å². The van der Waals surface area contributed by atoms with Crippen LogP contribution in [0.3, 0.4) is 0 Å². The summed E-state index contributed by atoms with van der Waals surface area (Å²) in [6.45, 7) is 1.80. The fourth-order valence-corrected chi connectivity index (χ4v) is 11.2. The molecule has 16 nitrogen and oxygen atoms in total. The molecule has 2 atom stereocenters. The summed E-state index contributed by atoms with van der Waals surface area (Å²) in [7, 11) is -5.01. The van der Waals surface area contributed by atoms with E-state index in [4.69, 9.17) is 42.1 Å². The van der Waals surface area contributed by atoms with Gasteiger partial charge in [0.25, 0.3) is 11.8 Å². The summed E-state index contributed by atoms with van der Waals surface area (Å²) >= 11 is 13.7. The Morgan fingerprint density at radius 1 is 0.588 bits per heavy atom. The molecule has 6 aromatic rings. The standard InChI is InChI=1S/C56H58Cl2F4N6O10S2/c1-33-37(29-77-51-17-49(75-27-35-13-41(23-63-21-35)65-79(3,4)73)39(15-45(51)57)25-67-31-55(59,60)19-47(67)53(69)70)9-7-11-43(33)44-12-8-10-38(34(44)2)30-78-52-18-50(76-28-36-14-42(24-64-22-36)66-80(5,6)74)40(16-46(52)58)26-68-32-56(61,62)20-48(68)54(71)72/h7-18,21-24,47-48H,19-20,25-32H2,1-6H3,(H,69,70)(H,71,72)/t47-,48-/m0/s1. The number of rotatable bonds is 21. The lowest BCUT2D eigenvalue weighted by Crippen LogP contribution is -2.35. The van der Waals surface area contributed by atoms with Crippen LogP contribution in [-0.4, -0.2) is 112 Å². The number of nitrogens with zero attached hydrogens (tertiary/aromatic N) is 6. The predicted molar refractivity (Wildman–Crippen MR) is 297 cm³/mol. The van der Waals surface area contributed by atoms with E-state index in [1.165, 1.54) is 83.9 Å². The normalized spacial score (nSPS) is 17.2. The summed E-state index contributed by atoms with van der Waals surface area (Å²) in [6, 6.07) is 18.0. The zero-order valence-corrected chi connectivity index (χ0v) is 47.5. The monoisotopic (exact) mass is 1180 g/mol. The largest absolute Gasteiger partial charge is 0.488 e. The van der Waals surface area contributed by atoms with Gasteiger partial charge in [0.15, 0.2) is 0 Å². The number of carbonyl (C=O) groups is 2. The van der Waals surface area contributed by atoms with Gasteiger partial charge in [0, 0.05) is 117 Å². The molecule has 0 amide bonds. The molecule has 4 aromatic carbocycles. The second-order valence-electron chi connectivity index (χ2n) is 20.4. The summed E-state index contributed by atoms with van der Waals surface area (Å²) in [6.07, 6.45) is 10.3. The van der Waals surface area contributed by atoms with Crippen molar-refractivity contribution < 1.29 is 64.7 Å². The van der Waals surface area contributed by atoms with Crippen LogP contribution >= 0.6 is 23.2 Å². The van der Waals surface area contributed by atoms with Gasteiger partial charge in [-0.2, -0.15) is 8.73 Å². The molecule has 0 radical (unpaired) electrons. The predicted octanol–water partition coefficient (Wildman–Crippen LogP) is 11.7. The molecule has 2 aliphatic heterocycles. The SMILES string of the molecule is Cc1c(COc2cc(OCc3cncc(N=S(C)(C)=O)c3)c(CN3CC(F)(F)C[C@H]3C(=O)O)cc2Cl)cccc1-c1cccc(COc2cc(OCc3cncc(N=S(C)(C)=O)c3)c(CN3CC(F)(F)C[C@H]3C(=O)O)cc2Cl)c1C. The molecule has 0 spiro atoms. The number of carboxylic acid groups (broad SMARTS) is 2. The van der Waals surface area contributed by atoms with Crippen LogP contribution in [0.4, 0.5) is 28.9 Å². The molecule has 2 aromatic heterocycles. The third kappa shape index (κ3) is 15.5. The summed E-state index contributed by atoms with van der Waals surface area (Å²) in [4.78, 5) is 34.9. The van der Waals surface area contributed by atoms with Crippen LogP contribution < -0.4 is 18.9 Å². The third-order valence-corrected chi connectivity index (χ3v) is 15.1. The van der Waals surface area contributed by atoms with Crippen molar-refractivity contribution in [3.05, 3.63) is 152 Å². The lowest BCUT2D eigenvalue weighted by Gasteiger charge is -2.23. The molecule has 24 heteroatoms. The highest BCUT2D eigenvalue weighted by Crippen LogP contribution is 2.41. The van der Waals surface area contributed by atoms with Gasteiger partial charge in [-0.15, -0.1) is 0 Å². The topological polar surface area (TPSA) is 203 Å². The molecule has 2 fully saturated rings. The van der Waals surface area contributed by atoms with Crippen LogP contribution in [0, 0.1) is 13.8 Å². The summed E-state index contributed by atoms with van der Waals surface area (Å²) in [5, 5.41) is 19.9. The number of hydrogen-bond donors (Lipinski definition) is 2. The zero-order chi connectivity index (χ0) is 57.9. The first-order chi connectivity index (χ1) is 37.6. The van der Waals surface area contributed by atoms with Crippen molar-refractivity contribution in [2.45, 2.75) is 90.1 Å². The maximum Gasteiger partial charge on any atom is 0.321 e. The van der Waals surface area contributed by atoms with Gasteiger partial charge < -0.3 is 29.2 Å². The van der Waals surface area contributed by atoms with Gasteiger partial charge in [0.2, 0.25) is 0 Å². The molecule has 0 saturated carbocycles. The lowest BCUT2D eigenvalue weighted by molar-refractivity contribution is -0.143. The van der Waals surface area contributed by atoms with Crippen LogP contribution in [0.25, 0.3) is 11.1 Å². The minimum absolute atomic E-state index is 0.0346. The van der Waals surface area contributed by atoms with Gasteiger partial charge in [0.05, 0.1) is 46.9 Å². The highest BCUT2D eigenvalue weighted by Gasteiger charge is 2.49. The van der Waals surface area contributed by atoms with Crippen LogP contribution in [0.5, 0.6) is 23.0 Å². The van der Waals surface area contributed by atoms with Crippen molar-refractivity contribution in [3.63, 3.8) is 0 Å². The number of carboxylic acids is 2. The maximum absolute atomic E-state index is 14.6. The van der Waals surface area contributed by atoms with Crippen molar-refractivity contribution in [1.82, 2.24) is 19.8 Å². The quantitative estimate of drug-likeness (QED) is 0.0644. The lowest BCUT2D eigenvalue weighted by atomic mass is 9.92. The number of pyridine rings is 2. The first-order valence-corrected chi connectivity index (χ1v) is 30.3. The number of ether oxygens (including phenoxy) is 4. The average Bonchev–Trinajstić information content (AvgIpc) is 3.85. The van der Waals surface area contributed by atoms with Crippen molar-refractivity contribution in [1.29, 1.82) is 0 Å². The van der Waals surface area contributed by atoms with Crippen molar-refractivity contribution in [2.75, 3.05) is 38.1 Å². The van der Waals surface area contributed by atoms with Gasteiger partial charge >= 0.3 is 11.9 Å². The smallest absolute Gasteiger partial charge is 0.321 e. The molecule has 2 aliphatic rings. The molecule has 8 rings (SSSR count). The van der Waals surface area contributed by atoms with E-state index in [2.05, 4.69) is 18.7 Å². The Morgan fingerprint density at radius 3 is 1.32 bits per heavy atom. The number of hydrogen-bond acceptors (Lipinski definition) is 14. The van der Waals surface area contributed by atoms with E-state index in [0.717, 1.165) is 33.4 Å². The number of aliphatic carboxylic acids is 2. The van der Waals surface area contributed by atoms with E-state index in [0.29, 0.717) is 33.6 Å². The Bertz CT molecular complexity index is 3370. The van der Waals surface area contributed by atoms with E-state index in [1.54, 1.807) is 12.1 Å². The Balaban J connectivity index is 1.02. The Morgan fingerprint density at radius 2 is 0.963 bits per heavy atom. The molecule has 2 saturated heterocycles. The molecule has 426 valence electrons. The Labute approximate surface area is 471 Å². The van der Waals surface area contributed by atoms with Crippen LogP contribution in [0.15, 0.2) is 106 Å². The molecule has 2 N–H and O–H groups in total. The van der Waals surface area contributed by atoms with Crippen molar-refractivity contribution in [2.24, 2.45) is 8.73 Å². The molecular formula is C56H58Cl2F4N6O10S2. The molecule has 0 unspecified atom stereocenters. The maximum atomic E-state index is 14.6. The highest BCUT2D eigenvalue weighted by molar-refractivity contribution is 7.92. The fourth-order valence-electron chi connectivity index (χ4n) is 9.52. The first kappa shape index (κ1) is 59.6. The van der Waals surface area contributed by atoms with Crippen LogP contribution in [0.1, 0.15) is 57.3 Å². The molecular weight excluding hydrogens is 1130 g/mol. The minimum Gasteiger partial charge on any atom is -0.488 e. The van der Waals surface area contributed by atoms with E-state index < -0.39 is 81.3 Å². The van der Waals surface area contributed by atoms with E-state index in [1.807, 2.05) is 50.2 Å². The fraction of sp³-hybridized carbons (Fsp3) is 0.357. The van der Waals surface area contributed by atoms with Gasteiger partial charge in [-0.1, -0.05) is 59.6 Å². The second kappa shape index (κ2) is 24.3. The highest BCUT2D eigenvalue weighted by atomic mass is 35.5. The van der Waals surface area contributed by atoms with Crippen LogP contribution in [0.2, 0.25) is 10.0 Å². The van der Waals surface area contributed by atoms with Crippen LogP contribution in [-0.2, 0) is 68.6 Å². The Hall–Kier alpha value is -6.56. The number of alkyl halides is 4.